The van der Waals surface area contributed by atoms with Crippen LogP contribution in [0.5, 0.6) is 0 Å². The van der Waals surface area contributed by atoms with Gasteiger partial charge in [0.1, 0.15) is 0 Å². The Bertz CT molecular complexity index is 395. The van der Waals surface area contributed by atoms with E-state index in [4.69, 9.17) is 0 Å². The molecular weight excluding hydrogens is 258 g/mol. The summed E-state index contributed by atoms with van der Waals surface area (Å²) in [6.07, 6.45) is 0. The van der Waals surface area contributed by atoms with E-state index in [0.29, 0.717) is 0 Å². The maximum absolute atomic E-state index is 3.38. The molecule has 2 aromatic heterocycles. The molecule has 0 atom stereocenters. The number of rotatable bonds is 0. The maximum atomic E-state index is 3.38. The van der Waals surface area contributed by atoms with Gasteiger partial charge in [0.25, 0.3) is 0 Å². The second-order valence-electron chi connectivity index (χ2n) is 4.42. The van der Waals surface area contributed by atoms with E-state index in [0.717, 1.165) is 0 Å². The van der Waals surface area contributed by atoms with Crippen molar-refractivity contribution in [3.8, 4) is 0 Å². The molecule has 1 N–H and O–H groups in total. The molecule has 2 heterocycles. The number of H-pyrrole nitrogens is 1. The van der Waals surface area contributed by atoms with Crippen LogP contribution < -0.4 is 0 Å². The maximum Gasteiger partial charge on any atom is 0 e. The molecule has 0 aliphatic heterocycles. The van der Waals surface area contributed by atoms with E-state index in [1.54, 1.807) is 0 Å². The number of aromatic nitrogens is 1. The van der Waals surface area contributed by atoms with Crippen LogP contribution in [0.1, 0.15) is 26.5 Å². The van der Waals surface area contributed by atoms with E-state index in [1.165, 1.54) is 16.5 Å². The topological polar surface area (TPSA) is 15.8 Å². The summed E-state index contributed by atoms with van der Waals surface area (Å²) in [4.78, 5) is 3.38. The van der Waals surface area contributed by atoms with Crippen LogP contribution in [0.15, 0.2) is 18.1 Å². The van der Waals surface area contributed by atoms with Crippen LogP contribution in [0.25, 0.3) is 10.8 Å². The van der Waals surface area contributed by atoms with Crippen LogP contribution in [0.3, 0.4) is 0 Å². The average Bonchev–Trinajstić information content (AvgIpc) is 2.45. The van der Waals surface area contributed by atoms with E-state index >= 15 is 0 Å². The second kappa shape index (κ2) is 5.41. The van der Waals surface area contributed by atoms with E-state index in [-0.39, 0.29) is 45.6 Å². The Balaban J connectivity index is 0.000000980. The standard InChI is InChI=1S/C11H13BN.CH3.Y/c1-11(2,3)9-7-8-5-4-6-12-10(8)13-9;;/h4-6,13H,1-3H3;1H3;/q2*-1;. The summed E-state index contributed by atoms with van der Waals surface area (Å²) in [6.45, 7) is 8.65. The van der Waals surface area contributed by atoms with Gasteiger partial charge < -0.3 is 7.43 Å². The number of hydrogen-bond donors (Lipinski definition) is 1. The summed E-state index contributed by atoms with van der Waals surface area (Å²) in [5.74, 6) is 2.04. The monoisotopic (exact) mass is 274 g/mol. The van der Waals surface area contributed by atoms with Gasteiger partial charge in [-0.25, -0.2) is 0 Å². The molecule has 0 bridgehead atoms. The summed E-state index contributed by atoms with van der Waals surface area (Å²) in [5, 5.41) is 1.17. The Morgan fingerprint density at radius 2 is 2.00 bits per heavy atom. The summed E-state index contributed by atoms with van der Waals surface area (Å²) >= 11 is 0. The molecule has 0 saturated carbocycles. The summed E-state index contributed by atoms with van der Waals surface area (Å²) in [5.41, 5.74) is 2.50. The van der Waals surface area contributed by atoms with Crippen LogP contribution >= 0.6 is 0 Å². The molecule has 1 nitrogen and oxygen atoms in total. The van der Waals surface area contributed by atoms with Crippen molar-refractivity contribution in [1.82, 2.24) is 4.98 Å². The van der Waals surface area contributed by atoms with E-state index in [2.05, 4.69) is 44.8 Å². The van der Waals surface area contributed by atoms with Gasteiger partial charge in [-0.2, -0.15) is 0 Å². The first-order valence-electron chi connectivity index (χ1n) is 4.58. The predicted octanol–water partition coefficient (Wildman–Crippen LogP) is 3.05. The molecule has 2 rings (SSSR count). The minimum absolute atomic E-state index is 0. The molecule has 0 unspecified atom stereocenters. The molecule has 0 amide bonds. The van der Waals surface area contributed by atoms with Gasteiger partial charge in [0.05, 0.1) is 0 Å². The Morgan fingerprint density at radius 3 is 2.53 bits per heavy atom. The SMILES string of the molecule is CC(C)(C)c1[c-]c2cccbc2[nH]1.[CH3-].[Y]. The van der Waals surface area contributed by atoms with E-state index < -0.39 is 0 Å². The number of fused-ring (bicyclic) bond motifs is 1. The van der Waals surface area contributed by atoms with Crippen molar-refractivity contribution >= 4 is 17.7 Å². The van der Waals surface area contributed by atoms with Crippen LogP contribution in [0.2, 0.25) is 0 Å². The molecule has 0 aromatic carbocycles. The minimum Gasteiger partial charge on any atom is -0.358 e. The van der Waals surface area contributed by atoms with Crippen molar-refractivity contribution in [3.05, 3.63) is 37.3 Å². The summed E-state index contributed by atoms with van der Waals surface area (Å²) < 4.78 is 0. The van der Waals surface area contributed by atoms with Gasteiger partial charge in [0.15, 0.2) is 0 Å². The number of aromatic amines is 1. The van der Waals surface area contributed by atoms with Crippen molar-refractivity contribution in [2.24, 2.45) is 0 Å². The van der Waals surface area contributed by atoms with Crippen molar-refractivity contribution in [2.45, 2.75) is 26.2 Å². The fourth-order valence-electron chi connectivity index (χ4n) is 1.38. The Labute approximate surface area is 118 Å². The van der Waals surface area contributed by atoms with Gasteiger partial charge >= 0.3 is 78.7 Å². The van der Waals surface area contributed by atoms with Gasteiger partial charge in [-0.3, -0.25) is 0 Å². The third kappa shape index (κ3) is 3.26. The Morgan fingerprint density at radius 1 is 1.33 bits per heavy atom. The molecule has 0 aliphatic rings. The fraction of sp³-hybridized carbons (Fsp3) is 0.333. The van der Waals surface area contributed by atoms with Crippen molar-refractivity contribution < 1.29 is 32.7 Å². The van der Waals surface area contributed by atoms with Gasteiger partial charge in [0, 0.05) is 32.7 Å². The van der Waals surface area contributed by atoms with Crippen LogP contribution in [-0.2, 0) is 38.1 Å². The molecule has 0 fully saturated rings. The Hall–Kier alpha value is 0.0588. The molecule has 0 aliphatic carbocycles. The molecule has 2 aromatic rings. The molecule has 0 spiro atoms. The number of hydrogen-bond acceptors (Lipinski definition) is 0. The molecule has 15 heavy (non-hydrogen) atoms. The third-order valence-corrected chi connectivity index (χ3v) is 2.20. The van der Waals surface area contributed by atoms with Crippen LogP contribution in [-0.4, -0.2) is 11.9 Å². The number of nitrogens with one attached hydrogen (secondary N) is 1. The minimum atomic E-state index is 0. The first kappa shape index (κ1) is 15.1. The van der Waals surface area contributed by atoms with Gasteiger partial charge in [-0.05, 0) is 0 Å². The van der Waals surface area contributed by atoms with E-state index in [9.17, 15) is 0 Å². The fourth-order valence-corrected chi connectivity index (χ4v) is 1.38. The Kier molecular flexibility index (Phi) is 5.43. The van der Waals surface area contributed by atoms with Gasteiger partial charge in [-0.15, -0.1) is 0 Å². The molecule has 77 valence electrons. The quantitative estimate of drug-likeness (QED) is 0.711. The first-order chi connectivity index (χ1) is 6.07. The smallest absolute Gasteiger partial charge is 0 e. The van der Waals surface area contributed by atoms with Gasteiger partial charge in [0.2, 0.25) is 0 Å². The molecule has 0 saturated heterocycles. The van der Waals surface area contributed by atoms with Crippen LogP contribution in [0.4, 0.5) is 0 Å². The zero-order valence-corrected chi connectivity index (χ0v) is 12.7. The largest absolute Gasteiger partial charge is 0.358 e. The van der Waals surface area contributed by atoms with Gasteiger partial charge in [-0.1, -0.05) is 0 Å². The zero-order valence-electron chi connectivity index (χ0n) is 9.89. The second-order valence-corrected chi connectivity index (χ2v) is 4.42. The van der Waals surface area contributed by atoms with Crippen molar-refractivity contribution in [2.75, 3.05) is 0 Å². The predicted molar refractivity (Wildman–Crippen MR) is 63.6 cm³/mol. The van der Waals surface area contributed by atoms with Crippen molar-refractivity contribution in [3.63, 3.8) is 0 Å². The normalized spacial score (nSPS) is 10.3. The summed E-state index contributed by atoms with van der Waals surface area (Å²) in [6, 6.07) is 7.51. The zero-order chi connectivity index (χ0) is 9.47. The van der Waals surface area contributed by atoms with E-state index in [1.807, 2.05) is 12.0 Å². The first-order valence-corrected chi connectivity index (χ1v) is 4.58. The third-order valence-electron chi connectivity index (χ3n) is 2.20. The molecular formula is C12H16BNY-2. The average molecular weight is 274 g/mol. The molecule has 3 heteroatoms. The molecule has 1 radical (unpaired) electrons. The summed E-state index contributed by atoms with van der Waals surface area (Å²) in [7, 11) is 0. The van der Waals surface area contributed by atoms with Crippen molar-refractivity contribution in [1.29, 1.82) is 0 Å². The van der Waals surface area contributed by atoms with Crippen LogP contribution in [0, 0.1) is 13.5 Å².